The molecule has 0 amide bonds. The van der Waals surface area contributed by atoms with Crippen LogP contribution in [0.4, 0.5) is 0 Å². The van der Waals surface area contributed by atoms with Gasteiger partial charge in [0.05, 0.1) is 19.3 Å². The Morgan fingerprint density at radius 2 is 2.08 bits per heavy atom. The Labute approximate surface area is 145 Å². The van der Waals surface area contributed by atoms with Crippen molar-refractivity contribution in [3.8, 4) is 11.8 Å². The number of benzene rings is 1. The number of hydrogen-bond donors (Lipinski definition) is 1. The molecule has 2 saturated carbocycles. The molecule has 0 saturated heterocycles. The Balaban J connectivity index is 1.69. The molecule has 1 aromatic rings. The molecule has 1 spiro atoms. The Morgan fingerprint density at radius 1 is 1.33 bits per heavy atom. The summed E-state index contributed by atoms with van der Waals surface area (Å²) in [6, 6.07) is 11.2. The molecule has 2 aliphatic rings. The average Bonchev–Trinajstić information content (AvgIpc) is 2.55. The van der Waals surface area contributed by atoms with Crippen LogP contribution in [0.5, 0.6) is 5.75 Å². The third-order valence-electron chi connectivity index (χ3n) is 5.90. The van der Waals surface area contributed by atoms with E-state index in [4.69, 9.17) is 14.7 Å². The van der Waals surface area contributed by atoms with Crippen LogP contribution >= 0.6 is 0 Å². The number of rotatable bonds is 8. The summed E-state index contributed by atoms with van der Waals surface area (Å²) < 4.78 is 11.2. The number of nitrogens with one attached hydrogen (secondary N) is 1. The topological polar surface area (TPSA) is 54.3 Å². The maximum absolute atomic E-state index is 9.00. The first kappa shape index (κ1) is 17.3. The van der Waals surface area contributed by atoms with Gasteiger partial charge in [0.2, 0.25) is 0 Å². The highest BCUT2D eigenvalue weighted by molar-refractivity contribution is 5.29. The lowest BCUT2D eigenvalue weighted by molar-refractivity contribution is -0.175. The molecule has 3 rings (SSSR count). The van der Waals surface area contributed by atoms with Crippen molar-refractivity contribution >= 4 is 0 Å². The third-order valence-corrected chi connectivity index (χ3v) is 5.90. The van der Waals surface area contributed by atoms with Gasteiger partial charge in [-0.3, -0.25) is 0 Å². The van der Waals surface area contributed by atoms with Gasteiger partial charge in [0.1, 0.15) is 5.75 Å². The zero-order valence-corrected chi connectivity index (χ0v) is 14.8. The molecule has 3 atom stereocenters. The summed E-state index contributed by atoms with van der Waals surface area (Å²) >= 11 is 0. The van der Waals surface area contributed by atoms with Crippen LogP contribution in [0.25, 0.3) is 0 Å². The molecule has 4 nitrogen and oxygen atoms in total. The highest BCUT2D eigenvalue weighted by atomic mass is 16.5. The van der Waals surface area contributed by atoms with Gasteiger partial charge in [-0.25, -0.2) is 0 Å². The van der Waals surface area contributed by atoms with Gasteiger partial charge in [-0.15, -0.1) is 0 Å². The Bertz CT molecular complexity index is 574. The SMILES string of the molecule is CCO[C@@H]1C[C@@H](N[C@H](CCC#N)c2ccc(OC)cc2)C12CCC2. The van der Waals surface area contributed by atoms with E-state index in [2.05, 4.69) is 30.4 Å². The first-order valence-electron chi connectivity index (χ1n) is 9.12. The smallest absolute Gasteiger partial charge is 0.118 e. The molecule has 130 valence electrons. The van der Waals surface area contributed by atoms with Crippen molar-refractivity contribution in [2.24, 2.45) is 5.41 Å². The summed E-state index contributed by atoms with van der Waals surface area (Å²) in [6.45, 7) is 2.88. The minimum Gasteiger partial charge on any atom is -0.497 e. The summed E-state index contributed by atoms with van der Waals surface area (Å²) in [6.07, 6.45) is 6.76. The van der Waals surface area contributed by atoms with Crippen molar-refractivity contribution in [3.05, 3.63) is 29.8 Å². The second-order valence-corrected chi connectivity index (χ2v) is 7.01. The minimum atomic E-state index is 0.223. The van der Waals surface area contributed by atoms with Gasteiger partial charge in [-0.1, -0.05) is 18.6 Å². The first-order valence-corrected chi connectivity index (χ1v) is 9.12. The van der Waals surface area contributed by atoms with Crippen LogP contribution in [-0.2, 0) is 4.74 Å². The molecule has 0 heterocycles. The van der Waals surface area contributed by atoms with E-state index >= 15 is 0 Å². The minimum absolute atomic E-state index is 0.223. The highest BCUT2D eigenvalue weighted by Gasteiger charge is 2.59. The van der Waals surface area contributed by atoms with Crippen molar-refractivity contribution in [3.63, 3.8) is 0 Å². The molecule has 0 aromatic heterocycles. The zero-order chi connectivity index (χ0) is 17.0. The largest absolute Gasteiger partial charge is 0.497 e. The molecule has 1 aromatic carbocycles. The number of nitriles is 1. The van der Waals surface area contributed by atoms with E-state index in [9.17, 15) is 0 Å². The van der Waals surface area contributed by atoms with Crippen molar-refractivity contribution in [2.75, 3.05) is 13.7 Å². The average molecular weight is 328 g/mol. The fourth-order valence-corrected chi connectivity index (χ4v) is 4.31. The monoisotopic (exact) mass is 328 g/mol. The van der Waals surface area contributed by atoms with Gasteiger partial charge in [0.15, 0.2) is 0 Å². The third kappa shape index (κ3) is 3.16. The lowest BCUT2D eigenvalue weighted by Crippen LogP contribution is -2.67. The normalized spacial score (nSPS) is 25.4. The summed E-state index contributed by atoms with van der Waals surface area (Å²) in [5.41, 5.74) is 1.58. The molecule has 0 radical (unpaired) electrons. The van der Waals surface area contributed by atoms with E-state index in [-0.39, 0.29) is 6.04 Å². The van der Waals surface area contributed by atoms with E-state index in [0.29, 0.717) is 24.0 Å². The van der Waals surface area contributed by atoms with Gasteiger partial charge in [0.25, 0.3) is 0 Å². The van der Waals surface area contributed by atoms with E-state index in [1.807, 2.05) is 12.1 Å². The predicted octanol–water partition coefficient (Wildman–Crippen LogP) is 3.98. The Kier molecular flexibility index (Phi) is 5.43. The van der Waals surface area contributed by atoms with Gasteiger partial charge < -0.3 is 14.8 Å². The molecular formula is C20H28N2O2. The Hall–Kier alpha value is -1.57. The molecule has 2 fully saturated rings. The van der Waals surface area contributed by atoms with Gasteiger partial charge >= 0.3 is 0 Å². The second kappa shape index (κ2) is 7.55. The zero-order valence-electron chi connectivity index (χ0n) is 14.8. The maximum atomic E-state index is 9.00. The lowest BCUT2D eigenvalue weighted by atomic mass is 9.51. The molecule has 0 aliphatic heterocycles. The summed E-state index contributed by atoms with van der Waals surface area (Å²) in [4.78, 5) is 0. The standard InChI is InChI=1S/C20H28N2O2/c1-3-24-19-14-18(20(19)11-5-12-20)22-17(6-4-13-21)15-7-9-16(23-2)10-8-15/h7-10,17-19,22H,3-6,11-12,14H2,1-2H3/t17-,18-,19-/m1/s1. The van der Waals surface area contributed by atoms with Crippen LogP contribution < -0.4 is 10.1 Å². The molecule has 0 bridgehead atoms. The lowest BCUT2D eigenvalue weighted by Gasteiger charge is -2.62. The Morgan fingerprint density at radius 3 is 2.62 bits per heavy atom. The second-order valence-electron chi connectivity index (χ2n) is 7.01. The van der Waals surface area contributed by atoms with Crippen LogP contribution in [0.3, 0.4) is 0 Å². The first-order chi connectivity index (χ1) is 11.7. The van der Waals surface area contributed by atoms with Gasteiger partial charge in [-0.05, 0) is 50.3 Å². The van der Waals surface area contributed by atoms with Crippen LogP contribution in [0.1, 0.15) is 57.1 Å². The van der Waals surface area contributed by atoms with E-state index in [1.165, 1.54) is 24.8 Å². The van der Waals surface area contributed by atoms with Crippen molar-refractivity contribution < 1.29 is 9.47 Å². The molecule has 1 N–H and O–H groups in total. The summed E-state index contributed by atoms with van der Waals surface area (Å²) in [5, 5.41) is 12.9. The number of hydrogen-bond acceptors (Lipinski definition) is 4. The van der Waals surface area contributed by atoms with Crippen molar-refractivity contribution in [1.82, 2.24) is 5.32 Å². The highest BCUT2D eigenvalue weighted by Crippen LogP contribution is 2.57. The molecule has 2 aliphatic carbocycles. The molecule has 0 unspecified atom stereocenters. The number of nitrogens with zero attached hydrogens (tertiary/aromatic N) is 1. The van der Waals surface area contributed by atoms with Gasteiger partial charge in [-0.2, -0.15) is 5.26 Å². The predicted molar refractivity (Wildman–Crippen MR) is 93.8 cm³/mol. The van der Waals surface area contributed by atoms with E-state index in [1.54, 1.807) is 7.11 Å². The van der Waals surface area contributed by atoms with Gasteiger partial charge in [0, 0.05) is 30.5 Å². The fraction of sp³-hybridized carbons (Fsp3) is 0.650. The van der Waals surface area contributed by atoms with Crippen LogP contribution in [-0.4, -0.2) is 25.9 Å². The van der Waals surface area contributed by atoms with Crippen LogP contribution in [0, 0.1) is 16.7 Å². The summed E-state index contributed by atoms with van der Waals surface area (Å²) in [5.74, 6) is 0.869. The van der Waals surface area contributed by atoms with E-state index in [0.717, 1.165) is 25.2 Å². The van der Waals surface area contributed by atoms with E-state index < -0.39 is 0 Å². The van der Waals surface area contributed by atoms with Crippen LogP contribution in [0.2, 0.25) is 0 Å². The number of ether oxygens (including phenoxy) is 2. The van der Waals surface area contributed by atoms with Crippen molar-refractivity contribution in [1.29, 1.82) is 5.26 Å². The fourth-order valence-electron chi connectivity index (χ4n) is 4.31. The molecular weight excluding hydrogens is 300 g/mol. The van der Waals surface area contributed by atoms with Crippen molar-refractivity contribution in [2.45, 2.75) is 63.6 Å². The quantitative estimate of drug-likeness (QED) is 0.784. The van der Waals surface area contributed by atoms with Crippen LogP contribution in [0.15, 0.2) is 24.3 Å². The summed E-state index contributed by atoms with van der Waals surface area (Å²) in [7, 11) is 1.68. The maximum Gasteiger partial charge on any atom is 0.118 e. The number of methoxy groups -OCH3 is 1. The molecule has 24 heavy (non-hydrogen) atoms. The molecule has 4 heteroatoms.